The third-order valence-corrected chi connectivity index (χ3v) is 2.48. The van der Waals surface area contributed by atoms with Gasteiger partial charge in [-0.3, -0.25) is 14.7 Å². The summed E-state index contributed by atoms with van der Waals surface area (Å²) in [5, 5.41) is 11.0. The number of hydrogen-bond donors (Lipinski definition) is 0. The van der Waals surface area contributed by atoms with Gasteiger partial charge in [-0.2, -0.15) is 0 Å². The average molecular weight is 217 g/mol. The Morgan fingerprint density at radius 3 is 2.69 bits per heavy atom. The van der Waals surface area contributed by atoms with Gasteiger partial charge in [-0.15, -0.1) is 0 Å². The molecule has 1 aromatic carbocycles. The number of nitro groups is 1. The number of aromatic nitrogens is 2. The molecule has 16 heavy (non-hydrogen) atoms. The fourth-order valence-corrected chi connectivity index (χ4v) is 1.72. The highest BCUT2D eigenvalue weighted by Gasteiger charge is 2.17. The monoisotopic (exact) mass is 217 g/mol. The molecule has 1 heterocycles. The van der Waals surface area contributed by atoms with Crippen LogP contribution in [-0.2, 0) is 0 Å². The molecule has 0 atom stereocenters. The van der Waals surface area contributed by atoms with Crippen molar-refractivity contribution >= 4 is 5.69 Å². The van der Waals surface area contributed by atoms with E-state index in [9.17, 15) is 10.1 Å². The van der Waals surface area contributed by atoms with E-state index in [1.807, 2.05) is 19.9 Å². The van der Waals surface area contributed by atoms with Gasteiger partial charge in [0.05, 0.1) is 4.92 Å². The van der Waals surface area contributed by atoms with E-state index in [0.29, 0.717) is 5.69 Å². The topological polar surface area (TPSA) is 61.0 Å². The second-order valence-corrected chi connectivity index (χ2v) is 3.54. The molecule has 0 saturated carbocycles. The van der Waals surface area contributed by atoms with Crippen LogP contribution in [-0.4, -0.2) is 14.5 Å². The smallest absolute Gasteiger partial charge is 0.293 e. The van der Waals surface area contributed by atoms with Crippen LogP contribution in [0, 0.1) is 24.0 Å². The van der Waals surface area contributed by atoms with E-state index >= 15 is 0 Å². The van der Waals surface area contributed by atoms with Crippen molar-refractivity contribution in [2.24, 2.45) is 0 Å². The fraction of sp³-hybridized carbons (Fsp3) is 0.182. The van der Waals surface area contributed by atoms with Gasteiger partial charge in [-0.1, -0.05) is 12.1 Å². The van der Waals surface area contributed by atoms with Crippen LogP contribution >= 0.6 is 0 Å². The lowest BCUT2D eigenvalue weighted by Gasteiger charge is -2.08. The highest BCUT2D eigenvalue weighted by atomic mass is 16.6. The van der Waals surface area contributed by atoms with Gasteiger partial charge in [0, 0.05) is 18.5 Å². The minimum absolute atomic E-state index is 0.0982. The van der Waals surface area contributed by atoms with Crippen molar-refractivity contribution < 1.29 is 4.92 Å². The van der Waals surface area contributed by atoms with Crippen molar-refractivity contribution in [3.05, 3.63) is 52.1 Å². The first-order valence-electron chi connectivity index (χ1n) is 4.85. The summed E-state index contributed by atoms with van der Waals surface area (Å²) in [4.78, 5) is 14.7. The largest absolute Gasteiger partial charge is 0.298 e. The molecule has 0 amide bonds. The number of para-hydroxylation sites is 1. The second-order valence-electron chi connectivity index (χ2n) is 3.54. The van der Waals surface area contributed by atoms with Crippen LogP contribution in [0.3, 0.4) is 0 Å². The van der Waals surface area contributed by atoms with E-state index in [2.05, 4.69) is 4.98 Å². The number of nitro benzene ring substituents is 1. The molecular weight excluding hydrogens is 206 g/mol. The molecule has 2 aromatic rings. The Morgan fingerprint density at radius 2 is 2.12 bits per heavy atom. The lowest BCUT2D eigenvalue weighted by atomic mass is 10.1. The molecule has 0 fully saturated rings. The molecule has 0 aliphatic heterocycles. The molecule has 0 bridgehead atoms. The van der Waals surface area contributed by atoms with Gasteiger partial charge in [0.1, 0.15) is 11.5 Å². The highest BCUT2D eigenvalue weighted by molar-refractivity contribution is 5.57. The quantitative estimate of drug-likeness (QED) is 0.573. The molecule has 0 spiro atoms. The fourth-order valence-electron chi connectivity index (χ4n) is 1.72. The third-order valence-electron chi connectivity index (χ3n) is 2.48. The molecule has 0 saturated heterocycles. The van der Waals surface area contributed by atoms with Crippen LogP contribution in [0.2, 0.25) is 0 Å². The van der Waals surface area contributed by atoms with Crippen molar-refractivity contribution in [3.8, 4) is 5.69 Å². The van der Waals surface area contributed by atoms with Crippen molar-refractivity contribution in [3.63, 3.8) is 0 Å². The zero-order chi connectivity index (χ0) is 11.7. The number of hydrogen-bond acceptors (Lipinski definition) is 3. The Morgan fingerprint density at radius 1 is 1.38 bits per heavy atom. The molecule has 82 valence electrons. The maximum absolute atomic E-state index is 11.0. The molecular formula is C11H11N3O2. The minimum atomic E-state index is -0.373. The molecule has 0 unspecified atom stereocenters. The van der Waals surface area contributed by atoms with Crippen LogP contribution < -0.4 is 0 Å². The molecule has 0 radical (unpaired) electrons. The van der Waals surface area contributed by atoms with Crippen LogP contribution in [0.1, 0.15) is 11.4 Å². The van der Waals surface area contributed by atoms with E-state index < -0.39 is 0 Å². The zero-order valence-electron chi connectivity index (χ0n) is 9.04. The summed E-state index contributed by atoms with van der Waals surface area (Å²) in [5.41, 5.74) is 1.54. The van der Waals surface area contributed by atoms with Crippen molar-refractivity contribution in [1.29, 1.82) is 0 Å². The van der Waals surface area contributed by atoms with Gasteiger partial charge in [0.25, 0.3) is 5.69 Å². The highest BCUT2D eigenvalue weighted by Crippen LogP contribution is 2.26. The van der Waals surface area contributed by atoms with Gasteiger partial charge in [0.15, 0.2) is 0 Å². The van der Waals surface area contributed by atoms with Crippen molar-refractivity contribution in [2.75, 3.05) is 0 Å². The molecule has 0 N–H and O–H groups in total. The summed E-state index contributed by atoms with van der Waals surface area (Å²) in [6, 6.07) is 5.03. The summed E-state index contributed by atoms with van der Waals surface area (Å²) in [7, 11) is 0. The van der Waals surface area contributed by atoms with Gasteiger partial charge in [-0.05, 0) is 19.4 Å². The summed E-state index contributed by atoms with van der Waals surface area (Å²) >= 11 is 0. The van der Waals surface area contributed by atoms with Gasteiger partial charge in [-0.25, -0.2) is 4.98 Å². The summed E-state index contributed by atoms with van der Waals surface area (Å²) < 4.78 is 1.73. The molecule has 5 nitrogen and oxygen atoms in total. The first-order valence-corrected chi connectivity index (χ1v) is 4.85. The lowest BCUT2D eigenvalue weighted by Crippen LogP contribution is -2.03. The van der Waals surface area contributed by atoms with E-state index in [1.165, 1.54) is 6.07 Å². The van der Waals surface area contributed by atoms with Crippen LogP contribution in [0.5, 0.6) is 0 Å². The van der Waals surface area contributed by atoms with Gasteiger partial charge < -0.3 is 0 Å². The second kappa shape index (κ2) is 3.77. The number of rotatable bonds is 2. The van der Waals surface area contributed by atoms with Crippen molar-refractivity contribution in [1.82, 2.24) is 9.55 Å². The normalized spacial score (nSPS) is 10.4. The van der Waals surface area contributed by atoms with E-state index in [0.717, 1.165) is 11.4 Å². The predicted octanol–water partition coefficient (Wildman–Crippen LogP) is 2.40. The number of nitrogens with zero attached hydrogens (tertiary/aromatic N) is 3. The van der Waals surface area contributed by atoms with E-state index in [1.54, 1.807) is 23.0 Å². The lowest BCUT2D eigenvalue weighted by molar-refractivity contribution is -0.384. The first-order chi connectivity index (χ1) is 7.61. The first kappa shape index (κ1) is 10.4. The molecule has 5 heteroatoms. The number of imidazole rings is 1. The van der Waals surface area contributed by atoms with Crippen LogP contribution in [0.15, 0.2) is 30.6 Å². The zero-order valence-corrected chi connectivity index (χ0v) is 9.04. The van der Waals surface area contributed by atoms with Crippen LogP contribution in [0.4, 0.5) is 5.69 Å². The summed E-state index contributed by atoms with van der Waals surface area (Å²) in [6.45, 7) is 3.66. The maximum atomic E-state index is 11.0. The number of aryl methyl sites for hydroxylation is 2. The van der Waals surface area contributed by atoms with Crippen LogP contribution in [0.25, 0.3) is 5.69 Å². The Hall–Kier alpha value is -2.17. The van der Waals surface area contributed by atoms with Gasteiger partial charge >= 0.3 is 0 Å². The van der Waals surface area contributed by atoms with Crippen molar-refractivity contribution in [2.45, 2.75) is 13.8 Å². The SMILES string of the molecule is Cc1cccc([N+](=O)[O-])c1-n1ccnc1C. The average Bonchev–Trinajstić information content (AvgIpc) is 2.64. The van der Waals surface area contributed by atoms with Gasteiger partial charge in [0.2, 0.25) is 0 Å². The summed E-state index contributed by atoms with van der Waals surface area (Å²) in [6.07, 6.45) is 3.36. The predicted molar refractivity (Wildman–Crippen MR) is 59.7 cm³/mol. The molecule has 1 aromatic heterocycles. The summed E-state index contributed by atoms with van der Waals surface area (Å²) in [5.74, 6) is 0.734. The Labute approximate surface area is 92.5 Å². The maximum Gasteiger partial charge on any atom is 0.293 e. The molecule has 0 aliphatic rings. The van der Waals surface area contributed by atoms with E-state index in [-0.39, 0.29) is 10.6 Å². The Bertz CT molecular complexity index is 546. The number of benzene rings is 1. The standard InChI is InChI=1S/C11H11N3O2/c1-8-4-3-5-10(14(15)16)11(8)13-7-6-12-9(13)2/h3-7H,1-2H3. The third kappa shape index (κ3) is 1.56. The molecule has 2 rings (SSSR count). The van der Waals surface area contributed by atoms with E-state index in [4.69, 9.17) is 0 Å². The Kier molecular flexibility index (Phi) is 2.44. The minimum Gasteiger partial charge on any atom is -0.298 e. The Balaban J connectivity index is 2.73. The molecule has 0 aliphatic carbocycles.